The second-order valence-electron chi connectivity index (χ2n) is 16.1. The van der Waals surface area contributed by atoms with Gasteiger partial charge in [0, 0.05) is 18.7 Å². The SMILES string of the molecule is COC(=O)N[C@H](C(=O)N1CCC[C@H]1c1ncc(-c2ccc(-c3ccc4cc(-c5cnc([C@@H]6CCCN6C(=O)[C@@H](NC(=O)OC)C(C)C)[nH]5)ccc4c3)cc2)[nH]1)c1ccc(F)cc1. The third-order valence-electron chi connectivity index (χ3n) is 11.9. The third kappa shape index (κ3) is 8.60. The second-order valence-corrected chi connectivity index (χ2v) is 16.1. The van der Waals surface area contributed by atoms with Gasteiger partial charge in [0.25, 0.3) is 5.91 Å². The van der Waals surface area contributed by atoms with Gasteiger partial charge < -0.3 is 39.9 Å². The van der Waals surface area contributed by atoms with Gasteiger partial charge in [0.1, 0.15) is 29.5 Å². The zero-order chi connectivity index (χ0) is 43.5. The lowest BCUT2D eigenvalue weighted by Gasteiger charge is -2.30. The Morgan fingerprint density at radius 2 is 1.16 bits per heavy atom. The molecule has 15 heteroatoms. The van der Waals surface area contributed by atoms with Crippen molar-refractivity contribution in [3.05, 3.63) is 120 Å². The summed E-state index contributed by atoms with van der Waals surface area (Å²) in [5, 5.41) is 7.46. The van der Waals surface area contributed by atoms with Crippen molar-refractivity contribution in [3.8, 4) is 33.6 Å². The Bertz CT molecular complexity index is 2590. The van der Waals surface area contributed by atoms with Crippen LogP contribution in [0.15, 0.2) is 97.3 Å². The number of methoxy groups -OCH3 is 2. The molecule has 6 aromatic rings. The van der Waals surface area contributed by atoms with Crippen molar-refractivity contribution in [3.63, 3.8) is 0 Å². The lowest BCUT2D eigenvalue weighted by atomic mass is 9.98. The molecule has 2 saturated heterocycles. The molecule has 0 radical (unpaired) electrons. The molecule has 0 unspecified atom stereocenters. The van der Waals surface area contributed by atoms with E-state index in [0.29, 0.717) is 36.7 Å². The molecule has 8 rings (SSSR count). The molecule has 4 heterocycles. The van der Waals surface area contributed by atoms with E-state index < -0.39 is 30.1 Å². The number of rotatable bonds is 11. The molecular weight excluding hydrogens is 792 g/mol. The maximum absolute atomic E-state index is 13.9. The molecule has 2 aliphatic rings. The summed E-state index contributed by atoms with van der Waals surface area (Å²) in [6.07, 6.45) is 5.24. The highest BCUT2D eigenvalue weighted by Gasteiger charge is 2.39. The monoisotopic (exact) mass is 840 g/mol. The molecule has 2 aliphatic heterocycles. The first-order valence-electron chi connectivity index (χ1n) is 20.8. The molecule has 320 valence electrons. The Balaban J connectivity index is 0.942. The van der Waals surface area contributed by atoms with Crippen LogP contribution in [0.3, 0.4) is 0 Å². The number of H-pyrrole nitrogens is 2. The minimum absolute atomic E-state index is 0.115. The summed E-state index contributed by atoms with van der Waals surface area (Å²) in [6, 6.07) is 24.0. The smallest absolute Gasteiger partial charge is 0.407 e. The molecule has 2 aromatic heterocycles. The van der Waals surface area contributed by atoms with Crippen LogP contribution in [0.4, 0.5) is 14.0 Å². The maximum Gasteiger partial charge on any atom is 0.407 e. The summed E-state index contributed by atoms with van der Waals surface area (Å²) >= 11 is 0. The number of amides is 4. The van der Waals surface area contributed by atoms with Crippen molar-refractivity contribution >= 4 is 34.8 Å². The number of hydrogen-bond donors (Lipinski definition) is 4. The first-order valence-corrected chi connectivity index (χ1v) is 20.8. The first kappa shape index (κ1) is 41.7. The van der Waals surface area contributed by atoms with Gasteiger partial charge in [-0.05, 0) is 88.9 Å². The Hall–Kier alpha value is -7.03. The molecule has 4 atom stereocenters. The molecule has 4 amide bonds. The zero-order valence-corrected chi connectivity index (χ0v) is 35.0. The van der Waals surface area contributed by atoms with Crippen LogP contribution in [0.1, 0.15) is 74.9 Å². The lowest BCUT2D eigenvalue weighted by Crippen LogP contribution is -2.51. The predicted molar refractivity (Wildman–Crippen MR) is 231 cm³/mol. The molecule has 0 saturated carbocycles. The summed E-state index contributed by atoms with van der Waals surface area (Å²) in [5.41, 5.74) is 6.14. The van der Waals surface area contributed by atoms with E-state index in [0.717, 1.165) is 63.7 Å². The summed E-state index contributed by atoms with van der Waals surface area (Å²) in [6.45, 7) is 4.86. The molecule has 4 aromatic carbocycles. The summed E-state index contributed by atoms with van der Waals surface area (Å²) in [7, 11) is 2.51. The van der Waals surface area contributed by atoms with E-state index in [1.807, 2.05) is 32.2 Å². The van der Waals surface area contributed by atoms with Crippen molar-refractivity contribution in [2.75, 3.05) is 27.3 Å². The number of imidazole rings is 2. The van der Waals surface area contributed by atoms with Gasteiger partial charge in [-0.15, -0.1) is 0 Å². The molecule has 0 spiro atoms. The van der Waals surface area contributed by atoms with Crippen molar-refractivity contribution in [1.29, 1.82) is 0 Å². The van der Waals surface area contributed by atoms with Crippen LogP contribution < -0.4 is 10.6 Å². The Labute approximate surface area is 358 Å². The van der Waals surface area contributed by atoms with Crippen LogP contribution in [0.25, 0.3) is 44.4 Å². The summed E-state index contributed by atoms with van der Waals surface area (Å²) in [5.74, 6) is 0.324. The van der Waals surface area contributed by atoms with E-state index in [9.17, 15) is 23.6 Å². The van der Waals surface area contributed by atoms with Crippen LogP contribution in [-0.2, 0) is 19.1 Å². The van der Waals surface area contributed by atoms with Gasteiger partial charge in [0.2, 0.25) is 5.91 Å². The number of aromatic nitrogens is 4. The number of benzene rings is 4. The highest BCUT2D eigenvalue weighted by atomic mass is 19.1. The fourth-order valence-corrected chi connectivity index (χ4v) is 8.53. The van der Waals surface area contributed by atoms with Crippen molar-refractivity contribution in [2.45, 2.75) is 63.7 Å². The maximum atomic E-state index is 13.9. The molecule has 0 bridgehead atoms. The number of halogens is 1. The van der Waals surface area contributed by atoms with Gasteiger partial charge in [-0.1, -0.05) is 74.5 Å². The van der Waals surface area contributed by atoms with Gasteiger partial charge in [-0.3, -0.25) is 9.59 Å². The number of nitrogens with zero attached hydrogens (tertiary/aromatic N) is 4. The third-order valence-corrected chi connectivity index (χ3v) is 11.9. The van der Waals surface area contributed by atoms with Crippen LogP contribution in [-0.4, -0.2) is 87.1 Å². The van der Waals surface area contributed by atoms with Gasteiger partial charge in [0.05, 0.1) is 50.1 Å². The van der Waals surface area contributed by atoms with E-state index in [4.69, 9.17) is 14.5 Å². The Morgan fingerprint density at radius 1 is 0.661 bits per heavy atom. The van der Waals surface area contributed by atoms with Crippen LogP contribution in [0, 0.1) is 11.7 Å². The lowest BCUT2D eigenvalue weighted by molar-refractivity contribution is -0.135. The van der Waals surface area contributed by atoms with E-state index in [1.54, 1.807) is 16.0 Å². The molecule has 2 fully saturated rings. The first-order chi connectivity index (χ1) is 30.0. The Morgan fingerprint density at radius 3 is 1.74 bits per heavy atom. The van der Waals surface area contributed by atoms with Gasteiger partial charge in [-0.2, -0.15) is 0 Å². The van der Waals surface area contributed by atoms with Crippen LogP contribution in [0.5, 0.6) is 0 Å². The average Bonchev–Trinajstić information content (AvgIpc) is 4.14. The quantitative estimate of drug-likeness (QED) is 0.101. The highest BCUT2D eigenvalue weighted by Crippen LogP contribution is 2.36. The number of hydrogen-bond acceptors (Lipinski definition) is 8. The summed E-state index contributed by atoms with van der Waals surface area (Å²) < 4.78 is 23.3. The van der Waals surface area contributed by atoms with E-state index >= 15 is 0 Å². The van der Waals surface area contributed by atoms with Crippen molar-refractivity contribution in [2.24, 2.45) is 5.92 Å². The number of carbonyl (C=O) groups excluding carboxylic acids is 4. The van der Waals surface area contributed by atoms with E-state index in [2.05, 4.69) is 74.1 Å². The molecule has 0 aliphatic carbocycles. The van der Waals surface area contributed by atoms with Crippen LogP contribution >= 0.6 is 0 Å². The number of carbonyl (C=O) groups is 4. The minimum atomic E-state index is -1.05. The number of ether oxygens (including phenoxy) is 2. The predicted octanol–water partition coefficient (Wildman–Crippen LogP) is 8.23. The van der Waals surface area contributed by atoms with Gasteiger partial charge in [-0.25, -0.2) is 23.9 Å². The topological polar surface area (TPSA) is 175 Å². The number of nitrogens with one attached hydrogen (secondary N) is 4. The average molecular weight is 841 g/mol. The number of likely N-dealkylation sites (tertiary alicyclic amines) is 2. The van der Waals surface area contributed by atoms with E-state index in [-0.39, 0.29) is 29.8 Å². The second kappa shape index (κ2) is 17.9. The van der Waals surface area contributed by atoms with E-state index in [1.165, 1.54) is 38.5 Å². The standard InChI is InChI=1S/C47H49FN8O6/c1-27(2)40(53-46(59)61-3)44(57)55-21-5-7-38(55)43-50-26-37(52-43)34-16-15-32-23-31(13-14-33(32)24-34)28-9-11-29(12-10-28)36-25-49-42(51-36)39-8-6-22-56(39)45(58)41(54-47(60)62-4)30-17-19-35(48)20-18-30/h9-20,23-27,38-41H,5-8,21-22H2,1-4H3,(H,49,51)(H,50,52)(H,53,59)(H,54,60)/t38-,39-,40-,41-/m0/s1. The van der Waals surface area contributed by atoms with Crippen LogP contribution in [0.2, 0.25) is 0 Å². The molecular formula is C47H49FN8O6. The minimum Gasteiger partial charge on any atom is -0.453 e. The fraction of sp³-hybridized carbons (Fsp3) is 0.319. The highest BCUT2D eigenvalue weighted by molar-refractivity contribution is 5.91. The number of fused-ring (bicyclic) bond motifs is 1. The number of alkyl carbamates (subject to hydrolysis) is 2. The zero-order valence-electron chi connectivity index (χ0n) is 35.0. The largest absolute Gasteiger partial charge is 0.453 e. The molecule has 4 N–H and O–H groups in total. The van der Waals surface area contributed by atoms with Crippen molar-refractivity contribution < 1.29 is 33.0 Å². The molecule has 62 heavy (non-hydrogen) atoms. The molecule has 14 nitrogen and oxygen atoms in total. The summed E-state index contributed by atoms with van der Waals surface area (Å²) in [4.78, 5) is 71.5. The number of aromatic amines is 2. The fourth-order valence-electron chi connectivity index (χ4n) is 8.53. The normalized spacial score (nSPS) is 17.3. The van der Waals surface area contributed by atoms with Gasteiger partial charge in [0.15, 0.2) is 0 Å². The Kier molecular flexibility index (Phi) is 12.0. The van der Waals surface area contributed by atoms with Crippen molar-refractivity contribution in [1.82, 2.24) is 40.4 Å². The van der Waals surface area contributed by atoms with Gasteiger partial charge >= 0.3 is 12.2 Å².